The minimum absolute atomic E-state index is 0.138. The number of unbranched alkanes of at least 4 members (excludes halogenated alkanes) is 1. The summed E-state index contributed by atoms with van der Waals surface area (Å²) < 4.78 is 5.18. The highest BCUT2D eigenvalue weighted by atomic mass is 16.5. The Balaban J connectivity index is 2.59. The van der Waals surface area contributed by atoms with Gasteiger partial charge in [0.2, 0.25) is 5.91 Å². The average Bonchev–Trinajstić information content (AvgIpc) is 2.63. The number of benzene rings is 1. The van der Waals surface area contributed by atoms with E-state index in [1.807, 2.05) is 51.1 Å². The number of carbonyl (C=O) groups excluding carboxylic acids is 3. The van der Waals surface area contributed by atoms with E-state index >= 15 is 0 Å². The first-order chi connectivity index (χ1) is 12.5. The maximum Gasteiger partial charge on any atom is 0.408 e. The number of alkyl carbamates (subject to hydrolysis) is 1. The van der Waals surface area contributed by atoms with Crippen molar-refractivity contribution in [3.63, 3.8) is 0 Å². The first-order valence-electron chi connectivity index (χ1n) is 9.19. The van der Waals surface area contributed by atoms with Crippen LogP contribution in [0.4, 0.5) is 4.79 Å². The van der Waals surface area contributed by atoms with E-state index in [4.69, 9.17) is 4.74 Å². The molecule has 0 aliphatic carbocycles. The summed E-state index contributed by atoms with van der Waals surface area (Å²) in [7, 11) is 0. The highest BCUT2D eigenvalue weighted by molar-refractivity contribution is 5.87. The molecule has 6 heteroatoms. The van der Waals surface area contributed by atoms with Crippen LogP contribution < -0.4 is 10.6 Å². The van der Waals surface area contributed by atoms with E-state index in [9.17, 15) is 14.4 Å². The highest BCUT2D eigenvalue weighted by Gasteiger charge is 2.23. The predicted molar refractivity (Wildman–Crippen MR) is 101 cm³/mol. The summed E-state index contributed by atoms with van der Waals surface area (Å²) in [6, 6.07) is 8.06. The van der Waals surface area contributed by atoms with E-state index in [0.29, 0.717) is 12.8 Å². The van der Waals surface area contributed by atoms with Crippen molar-refractivity contribution in [2.45, 2.75) is 65.1 Å². The van der Waals surface area contributed by atoms with Crippen LogP contribution in [0.2, 0.25) is 0 Å². The minimum atomic E-state index is -0.715. The topological polar surface area (TPSA) is 84.5 Å². The van der Waals surface area contributed by atoms with Gasteiger partial charge in [-0.3, -0.25) is 4.79 Å². The number of ether oxygens (including phenoxy) is 1. The molecule has 0 aromatic heterocycles. The van der Waals surface area contributed by atoms with E-state index in [-0.39, 0.29) is 18.4 Å². The number of amides is 2. The summed E-state index contributed by atoms with van der Waals surface area (Å²) in [6.45, 7) is 6.11. The Labute approximate surface area is 155 Å². The molecule has 0 fully saturated rings. The molecule has 0 aliphatic rings. The molecule has 2 atom stereocenters. The van der Waals surface area contributed by atoms with E-state index in [2.05, 4.69) is 10.6 Å². The molecule has 0 aliphatic heterocycles. The standard InChI is InChI=1S/C20H30N2O4/c1-4-5-11-18(19(24)21-17(13-23)12-15(2)3)22-20(25)26-14-16-9-7-6-8-10-16/h6-10,13,15,17-18H,4-5,11-12,14H2,1-3H3,(H,21,24)(H,22,25)/t17-,18-/m0/s1. The van der Waals surface area contributed by atoms with Gasteiger partial charge in [-0.2, -0.15) is 0 Å². The second-order valence-electron chi connectivity index (χ2n) is 6.78. The Morgan fingerprint density at radius 3 is 2.42 bits per heavy atom. The molecule has 1 aromatic carbocycles. The molecule has 0 saturated carbocycles. The monoisotopic (exact) mass is 362 g/mol. The van der Waals surface area contributed by atoms with Crippen LogP contribution in [0.1, 0.15) is 52.0 Å². The zero-order valence-corrected chi connectivity index (χ0v) is 15.9. The SMILES string of the molecule is CCCC[C@H](NC(=O)OCc1ccccc1)C(=O)N[C@H](C=O)CC(C)C. The lowest BCUT2D eigenvalue weighted by Crippen LogP contribution is -2.50. The fraction of sp³-hybridized carbons (Fsp3) is 0.550. The second kappa shape index (κ2) is 12.1. The maximum absolute atomic E-state index is 12.5. The molecule has 0 unspecified atom stereocenters. The molecule has 1 rings (SSSR count). The van der Waals surface area contributed by atoms with Crippen LogP contribution >= 0.6 is 0 Å². The first kappa shape index (κ1) is 21.7. The van der Waals surface area contributed by atoms with Gasteiger partial charge in [0.15, 0.2) is 0 Å². The highest BCUT2D eigenvalue weighted by Crippen LogP contribution is 2.07. The van der Waals surface area contributed by atoms with E-state index in [0.717, 1.165) is 24.7 Å². The Hall–Kier alpha value is -2.37. The summed E-state index contributed by atoms with van der Waals surface area (Å²) in [6.07, 6.45) is 2.84. The number of rotatable bonds is 11. The molecule has 0 bridgehead atoms. The summed E-state index contributed by atoms with van der Waals surface area (Å²) in [5.41, 5.74) is 0.871. The summed E-state index contributed by atoms with van der Waals surface area (Å²) in [4.78, 5) is 35.7. The molecule has 0 saturated heterocycles. The number of carbonyl (C=O) groups is 3. The van der Waals surface area contributed by atoms with E-state index in [1.54, 1.807) is 0 Å². The third kappa shape index (κ3) is 8.65. The quantitative estimate of drug-likeness (QED) is 0.592. The third-order valence-corrected chi connectivity index (χ3v) is 3.88. The van der Waals surface area contributed by atoms with Crippen LogP contribution in [0.25, 0.3) is 0 Å². The van der Waals surface area contributed by atoms with E-state index in [1.165, 1.54) is 0 Å². The van der Waals surface area contributed by atoms with Crippen LogP contribution in [0, 0.1) is 5.92 Å². The van der Waals surface area contributed by atoms with Crippen LogP contribution in [-0.4, -0.2) is 30.4 Å². The van der Waals surface area contributed by atoms with Gasteiger partial charge in [-0.05, 0) is 24.3 Å². The van der Waals surface area contributed by atoms with Crippen molar-refractivity contribution >= 4 is 18.3 Å². The average molecular weight is 362 g/mol. The predicted octanol–water partition coefficient (Wildman–Crippen LogP) is 3.20. The molecule has 144 valence electrons. The number of aldehydes is 1. The molecule has 0 spiro atoms. The lowest BCUT2D eigenvalue weighted by Gasteiger charge is -2.21. The van der Waals surface area contributed by atoms with Crippen LogP contribution in [-0.2, 0) is 20.9 Å². The van der Waals surface area contributed by atoms with Crippen molar-refractivity contribution in [1.82, 2.24) is 10.6 Å². The normalized spacial score (nSPS) is 12.9. The maximum atomic E-state index is 12.5. The zero-order valence-electron chi connectivity index (χ0n) is 15.9. The van der Waals surface area contributed by atoms with Crippen LogP contribution in [0.5, 0.6) is 0 Å². The Morgan fingerprint density at radius 2 is 1.85 bits per heavy atom. The molecule has 2 N–H and O–H groups in total. The van der Waals surface area contributed by atoms with Gasteiger partial charge in [0, 0.05) is 0 Å². The number of nitrogens with one attached hydrogen (secondary N) is 2. The summed E-state index contributed by atoms with van der Waals surface area (Å²) in [5, 5.41) is 5.32. The van der Waals surface area contributed by atoms with Crippen molar-refractivity contribution in [2.24, 2.45) is 5.92 Å². The van der Waals surface area contributed by atoms with Gasteiger partial charge >= 0.3 is 6.09 Å². The molecule has 2 amide bonds. The van der Waals surface area contributed by atoms with Gasteiger partial charge in [-0.15, -0.1) is 0 Å². The van der Waals surface area contributed by atoms with Gasteiger partial charge in [0.1, 0.15) is 18.9 Å². The molecule has 26 heavy (non-hydrogen) atoms. The molecule has 0 radical (unpaired) electrons. The fourth-order valence-corrected chi connectivity index (χ4v) is 2.52. The zero-order chi connectivity index (χ0) is 19.4. The Kier molecular flexibility index (Phi) is 10.1. The minimum Gasteiger partial charge on any atom is -0.445 e. The second-order valence-corrected chi connectivity index (χ2v) is 6.78. The lowest BCUT2D eigenvalue weighted by molar-refractivity contribution is -0.126. The first-order valence-corrected chi connectivity index (χ1v) is 9.19. The van der Waals surface area contributed by atoms with Gasteiger partial charge in [0.25, 0.3) is 0 Å². The largest absolute Gasteiger partial charge is 0.445 e. The molecular formula is C20H30N2O4. The van der Waals surface area contributed by atoms with Crippen LogP contribution in [0.15, 0.2) is 30.3 Å². The van der Waals surface area contributed by atoms with E-state index < -0.39 is 18.2 Å². The van der Waals surface area contributed by atoms with Gasteiger partial charge < -0.3 is 20.2 Å². The molecule has 1 aromatic rings. The lowest BCUT2D eigenvalue weighted by atomic mass is 10.0. The van der Waals surface area contributed by atoms with Crippen molar-refractivity contribution in [2.75, 3.05) is 0 Å². The number of hydrogen-bond donors (Lipinski definition) is 2. The van der Waals surface area contributed by atoms with Crippen molar-refractivity contribution < 1.29 is 19.1 Å². The Morgan fingerprint density at radius 1 is 1.15 bits per heavy atom. The molecule has 6 nitrogen and oxygen atoms in total. The Bertz CT molecular complexity index is 560. The van der Waals surface area contributed by atoms with Gasteiger partial charge in [0.05, 0.1) is 6.04 Å². The number of hydrogen-bond acceptors (Lipinski definition) is 4. The van der Waals surface area contributed by atoms with Crippen molar-refractivity contribution in [3.05, 3.63) is 35.9 Å². The summed E-state index contributed by atoms with van der Waals surface area (Å²) >= 11 is 0. The smallest absolute Gasteiger partial charge is 0.408 e. The third-order valence-electron chi connectivity index (χ3n) is 3.88. The molecule has 0 heterocycles. The fourth-order valence-electron chi connectivity index (χ4n) is 2.52. The van der Waals surface area contributed by atoms with Gasteiger partial charge in [-0.25, -0.2) is 4.79 Å². The van der Waals surface area contributed by atoms with Gasteiger partial charge in [-0.1, -0.05) is 63.9 Å². The van der Waals surface area contributed by atoms with Crippen molar-refractivity contribution in [3.8, 4) is 0 Å². The molecular weight excluding hydrogens is 332 g/mol. The van der Waals surface area contributed by atoms with Crippen LogP contribution in [0.3, 0.4) is 0 Å². The van der Waals surface area contributed by atoms with Crippen molar-refractivity contribution in [1.29, 1.82) is 0 Å². The summed E-state index contributed by atoms with van der Waals surface area (Å²) in [5.74, 6) is -0.0729.